The third-order valence-electron chi connectivity index (χ3n) is 1.21. The standard InChI is InChI=1S/C7H11NO3/c1-3-5(7(10)11)4-6(9)8-2/h4H,3H2,1-2H3,(H,8,9)(H,10,11)/b5-4-. The van der Waals surface area contributed by atoms with Gasteiger partial charge in [-0.1, -0.05) is 6.92 Å². The molecule has 0 saturated heterocycles. The molecule has 0 atom stereocenters. The first-order valence-corrected chi connectivity index (χ1v) is 3.27. The minimum absolute atomic E-state index is 0.115. The largest absolute Gasteiger partial charge is 0.478 e. The molecule has 11 heavy (non-hydrogen) atoms. The zero-order valence-electron chi connectivity index (χ0n) is 6.55. The summed E-state index contributed by atoms with van der Waals surface area (Å²) in [5.41, 5.74) is 0.115. The highest BCUT2D eigenvalue weighted by atomic mass is 16.4. The maximum atomic E-state index is 10.6. The maximum absolute atomic E-state index is 10.6. The van der Waals surface area contributed by atoms with Crippen molar-refractivity contribution < 1.29 is 14.7 Å². The predicted octanol–water partition coefficient (Wildman–Crippen LogP) is 0.153. The maximum Gasteiger partial charge on any atom is 0.331 e. The van der Waals surface area contributed by atoms with Gasteiger partial charge < -0.3 is 10.4 Å². The minimum atomic E-state index is -1.05. The molecule has 0 radical (unpaired) electrons. The van der Waals surface area contributed by atoms with E-state index in [2.05, 4.69) is 5.32 Å². The molecule has 0 aromatic heterocycles. The van der Waals surface area contributed by atoms with Gasteiger partial charge in [0.2, 0.25) is 5.91 Å². The van der Waals surface area contributed by atoms with Gasteiger partial charge in [-0.3, -0.25) is 4.79 Å². The van der Waals surface area contributed by atoms with Crippen LogP contribution in [-0.4, -0.2) is 24.0 Å². The summed E-state index contributed by atoms with van der Waals surface area (Å²) in [6.45, 7) is 1.68. The van der Waals surface area contributed by atoms with E-state index >= 15 is 0 Å². The van der Waals surface area contributed by atoms with Gasteiger partial charge in [0.1, 0.15) is 0 Å². The molecule has 0 aromatic carbocycles. The van der Waals surface area contributed by atoms with Crippen LogP contribution in [0.15, 0.2) is 11.6 Å². The second kappa shape index (κ2) is 4.49. The SMILES string of the molecule is CC/C(=C/C(=O)NC)C(=O)O. The van der Waals surface area contributed by atoms with Crippen LogP contribution < -0.4 is 5.32 Å². The molecule has 0 spiro atoms. The van der Waals surface area contributed by atoms with E-state index in [1.807, 2.05) is 0 Å². The number of carbonyl (C=O) groups excluding carboxylic acids is 1. The Bertz CT molecular complexity index is 196. The van der Waals surface area contributed by atoms with Gasteiger partial charge in [-0.05, 0) is 6.42 Å². The van der Waals surface area contributed by atoms with Crippen LogP contribution >= 0.6 is 0 Å². The normalized spacial score (nSPS) is 10.9. The average Bonchev–Trinajstić information content (AvgIpc) is 1.99. The van der Waals surface area contributed by atoms with E-state index in [9.17, 15) is 9.59 Å². The number of likely N-dealkylation sites (N-methyl/N-ethyl adjacent to an activating group) is 1. The Labute approximate surface area is 64.9 Å². The lowest BCUT2D eigenvalue weighted by atomic mass is 10.2. The zero-order valence-corrected chi connectivity index (χ0v) is 6.55. The van der Waals surface area contributed by atoms with Crippen molar-refractivity contribution in [3.8, 4) is 0 Å². The van der Waals surface area contributed by atoms with Crippen LogP contribution in [0, 0.1) is 0 Å². The molecular weight excluding hydrogens is 146 g/mol. The molecule has 0 aromatic rings. The van der Waals surface area contributed by atoms with E-state index in [0.717, 1.165) is 6.08 Å². The van der Waals surface area contributed by atoms with Gasteiger partial charge in [-0.25, -0.2) is 4.79 Å². The van der Waals surface area contributed by atoms with Gasteiger partial charge in [0, 0.05) is 18.7 Å². The van der Waals surface area contributed by atoms with Crippen molar-refractivity contribution in [1.82, 2.24) is 5.32 Å². The van der Waals surface area contributed by atoms with E-state index in [0.29, 0.717) is 6.42 Å². The summed E-state index contributed by atoms with van der Waals surface area (Å²) in [4.78, 5) is 21.0. The monoisotopic (exact) mass is 157 g/mol. The Hall–Kier alpha value is -1.32. The highest BCUT2D eigenvalue weighted by Gasteiger charge is 2.05. The van der Waals surface area contributed by atoms with Crippen LogP contribution in [0.25, 0.3) is 0 Å². The van der Waals surface area contributed by atoms with E-state index in [1.165, 1.54) is 7.05 Å². The Morgan fingerprint density at radius 1 is 1.55 bits per heavy atom. The molecule has 0 bridgehead atoms. The minimum Gasteiger partial charge on any atom is -0.478 e. The number of hydrogen-bond donors (Lipinski definition) is 2. The van der Waals surface area contributed by atoms with Crippen molar-refractivity contribution in [2.45, 2.75) is 13.3 Å². The zero-order chi connectivity index (χ0) is 8.85. The summed E-state index contributed by atoms with van der Waals surface area (Å²) < 4.78 is 0. The van der Waals surface area contributed by atoms with Crippen molar-refractivity contribution in [2.24, 2.45) is 0 Å². The van der Waals surface area contributed by atoms with Crippen molar-refractivity contribution in [1.29, 1.82) is 0 Å². The summed E-state index contributed by atoms with van der Waals surface area (Å²) in [6.07, 6.45) is 1.44. The molecule has 4 heteroatoms. The fraction of sp³-hybridized carbons (Fsp3) is 0.429. The highest BCUT2D eigenvalue weighted by Crippen LogP contribution is 1.99. The first-order valence-electron chi connectivity index (χ1n) is 3.27. The van der Waals surface area contributed by atoms with Crippen molar-refractivity contribution in [3.63, 3.8) is 0 Å². The average molecular weight is 157 g/mol. The number of carbonyl (C=O) groups is 2. The van der Waals surface area contributed by atoms with Gasteiger partial charge in [0.05, 0.1) is 0 Å². The number of hydrogen-bond acceptors (Lipinski definition) is 2. The molecule has 2 N–H and O–H groups in total. The molecule has 0 heterocycles. The fourth-order valence-corrected chi connectivity index (χ4v) is 0.545. The number of aliphatic carboxylic acids is 1. The van der Waals surface area contributed by atoms with Gasteiger partial charge in [-0.15, -0.1) is 0 Å². The second-order valence-electron chi connectivity index (χ2n) is 1.94. The molecule has 0 aliphatic carbocycles. The third-order valence-corrected chi connectivity index (χ3v) is 1.21. The lowest BCUT2D eigenvalue weighted by Crippen LogP contribution is -2.16. The third kappa shape index (κ3) is 3.40. The highest BCUT2D eigenvalue weighted by molar-refractivity contribution is 5.97. The molecule has 62 valence electrons. The number of carboxylic acids is 1. The Morgan fingerprint density at radius 2 is 2.09 bits per heavy atom. The molecule has 0 rings (SSSR count). The van der Waals surface area contributed by atoms with Crippen LogP contribution in [0.3, 0.4) is 0 Å². The van der Waals surface area contributed by atoms with Gasteiger partial charge in [-0.2, -0.15) is 0 Å². The van der Waals surface area contributed by atoms with Gasteiger partial charge in [0.15, 0.2) is 0 Å². The quantitative estimate of drug-likeness (QED) is 0.573. The van der Waals surface area contributed by atoms with E-state index in [1.54, 1.807) is 6.92 Å². The molecule has 0 unspecified atom stereocenters. The first kappa shape index (κ1) is 9.68. The van der Waals surface area contributed by atoms with Crippen molar-refractivity contribution >= 4 is 11.9 Å². The number of carboxylic acid groups (broad SMARTS) is 1. The summed E-state index contributed by atoms with van der Waals surface area (Å²) in [7, 11) is 1.45. The topological polar surface area (TPSA) is 66.4 Å². The van der Waals surface area contributed by atoms with Crippen molar-refractivity contribution in [3.05, 3.63) is 11.6 Å². The first-order chi connectivity index (χ1) is 5.11. The summed E-state index contributed by atoms with van der Waals surface area (Å²) in [6, 6.07) is 0. The smallest absolute Gasteiger partial charge is 0.331 e. The van der Waals surface area contributed by atoms with Crippen LogP contribution in [-0.2, 0) is 9.59 Å². The van der Waals surface area contributed by atoms with E-state index in [4.69, 9.17) is 5.11 Å². The molecule has 4 nitrogen and oxygen atoms in total. The second-order valence-corrected chi connectivity index (χ2v) is 1.94. The molecule has 0 aliphatic heterocycles. The van der Waals surface area contributed by atoms with E-state index < -0.39 is 5.97 Å². The van der Waals surface area contributed by atoms with Crippen LogP contribution in [0.5, 0.6) is 0 Å². The molecule has 0 saturated carbocycles. The number of amides is 1. The number of nitrogens with one attached hydrogen (secondary N) is 1. The molecule has 0 aliphatic rings. The van der Waals surface area contributed by atoms with Crippen LogP contribution in [0.2, 0.25) is 0 Å². The molecular formula is C7H11NO3. The fourth-order valence-electron chi connectivity index (χ4n) is 0.545. The van der Waals surface area contributed by atoms with Crippen molar-refractivity contribution in [2.75, 3.05) is 7.05 Å². The van der Waals surface area contributed by atoms with Gasteiger partial charge >= 0.3 is 5.97 Å². The van der Waals surface area contributed by atoms with E-state index in [-0.39, 0.29) is 11.5 Å². The lowest BCUT2D eigenvalue weighted by molar-refractivity contribution is -0.133. The van der Waals surface area contributed by atoms with Crippen LogP contribution in [0.4, 0.5) is 0 Å². The summed E-state index contributed by atoms with van der Waals surface area (Å²) in [5.74, 6) is -1.43. The van der Waals surface area contributed by atoms with Crippen LogP contribution in [0.1, 0.15) is 13.3 Å². The van der Waals surface area contributed by atoms with Gasteiger partial charge in [0.25, 0.3) is 0 Å². The Morgan fingerprint density at radius 3 is 2.36 bits per heavy atom. The molecule has 1 amide bonds. The summed E-state index contributed by atoms with van der Waals surface area (Å²) >= 11 is 0. The Kier molecular flexibility index (Phi) is 3.95. The molecule has 0 fully saturated rings. The Balaban J connectivity index is 4.35. The number of rotatable bonds is 3. The predicted molar refractivity (Wildman–Crippen MR) is 40.1 cm³/mol. The summed E-state index contributed by atoms with van der Waals surface area (Å²) in [5, 5.41) is 10.8. The lowest BCUT2D eigenvalue weighted by Gasteiger charge is -1.95.